The fourth-order valence-electron chi connectivity index (χ4n) is 1.85. The molecule has 0 aliphatic heterocycles. The Morgan fingerprint density at radius 2 is 2.00 bits per heavy atom. The molecule has 2 unspecified atom stereocenters. The maximum absolute atomic E-state index is 11.8. The lowest BCUT2D eigenvalue weighted by atomic mass is 9.89. The van der Waals surface area contributed by atoms with Crippen molar-refractivity contribution in [3.05, 3.63) is 6.92 Å². The molecular formula is C14H24O4. The zero-order valence-electron chi connectivity index (χ0n) is 11.4. The van der Waals surface area contributed by atoms with Crippen LogP contribution in [0.25, 0.3) is 0 Å². The van der Waals surface area contributed by atoms with Gasteiger partial charge in [-0.25, -0.2) is 0 Å². The third kappa shape index (κ3) is 6.74. The molecule has 4 nitrogen and oxygen atoms in total. The fraction of sp³-hybridized carbons (Fsp3) is 0.786. The van der Waals surface area contributed by atoms with Crippen LogP contribution in [-0.2, 0) is 14.3 Å². The van der Waals surface area contributed by atoms with Crippen molar-refractivity contribution in [2.75, 3.05) is 13.2 Å². The summed E-state index contributed by atoms with van der Waals surface area (Å²) in [6.45, 7) is 8.88. The summed E-state index contributed by atoms with van der Waals surface area (Å²) in [5.74, 6) is -0.596. The van der Waals surface area contributed by atoms with Crippen LogP contribution in [0.4, 0.5) is 0 Å². The van der Waals surface area contributed by atoms with Gasteiger partial charge < -0.3 is 9.84 Å². The highest BCUT2D eigenvalue weighted by Crippen LogP contribution is 2.19. The van der Waals surface area contributed by atoms with E-state index in [0.717, 1.165) is 0 Å². The van der Waals surface area contributed by atoms with E-state index >= 15 is 0 Å². The van der Waals surface area contributed by atoms with Crippen molar-refractivity contribution < 1.29 is 19.4 Å². The molecule has 1 N–H and O–H groups in total. The van der Waals surface area contributed by atoms with E-state index in [9.17, 15) is 9.59 Å². The summed E-state index contributed by atoms with van der Waals surface area (Å²) in [5.41, 5.74) is 0. The average Bonchev–Trinajstić information content (AvgIpc) is 2.35. The lowest BCUT2D eigenvalue weighted by Crippen LogP contribution is -2.23. The minimum atomic E-state index is -0.324. The molecule has 104 valence electrons. The van der Waals surface area contributed by atoms with Gasteiger partial charge in [-0.05, 0) is 25.7 Å². The second-order valence-electron chi connectivity index (χ2n) is 4.52. The molecule has 0 spiro atoms. The standard InChI is InChI=1S/C14H24O4/c1-4-12(14(17)18-5-2)10-11(3)13(16)8-6-7-9-15/h2,11-12,15H,4-10H2,1,3H3. The van der Waals surface area contributed by atoms with Crippen LogP contribution in [0.3, 0.4) is 0 Å². The summed E-state index contributed by atoms with van der Waals surface area (Å²) >= 11 is 0. The van der Waals surface area contributed by atoms with Crippen molar-refractivity contribution >= 4 is 11.8 Å². The minimum Gasteiger partial charge on any atom is -0.465 e. The third-order valence-corrected chi connectivity index (χ3v) is 3.07. The normalized spacial score (nSPS) is 14.0. The van der Waals surface area contributed by atoms with Gasteiger partial charge in [0, 0.05) is 25.9 Å². The Morgan fingerprint density at radius 1 is 1.33 bits per heavy atom. The molecule has 0 aliphatic carbocycles. The van der Waals surface area contributed by atoms with Gasteiger partial charge in [-0.3, -0.25) is 9.59 Å². The first-order valence-electron chi connectivity index (χ1n) is 6.57. The molecule has 2 radical (unpaired) electrons. The largest absolute Gasteiger partial charge is 0.465 e. The van der Waals surface area contributed by atoms with Gasteiger partial charge >= 0.3 is 5.97 Å². The van der Waals surface area contributed by atoms with Crippen LogP contribution in [0.2, 0.25) is 0 Å². The fourth-order valence-corrected chi connectivity index (χ4v) is 1.85. The molecular weight excluding hydrogens is 232 g/mol. The van der Waals surface area contributed by atoms with E-state index < -0.39 is 0 Å². The molecule has 0 amide bonds. The topological polar surface area (TPSA) is 63.6 Å². The highest BCUT2D eigenvalue weighted by molar-refractivity contribution is 5.81. The Balaban J connectivity index is 4.12. The Kier molecular flexibility index (Phi) is 9.56. The van der Waals surface area contributed by atoms with E-state index in [2.05, 4.69) is 0 Å². The molecule has 0 aromatic rings. The van der Waals surface area contributed by atoms with Crippen LogP contribution in [0.15, 0.2) is 0 Å². The van der Waals surface area contributed by atoms with Crippen molar-refractivity contribution in [2.45, 2.75) is 46.0 Å². The van der Waals surface area contributed by atoms with Crippen molar-refractivity contribution in [3.8, 4) is 0 Å². The summed E-state index contributed by atoms with van der Waals surface area (Å²) in [6, 6.07) is 0. The number of unbranched alkanes of at least 4 members (excludes halogenated alkanes) is 1. The molecule has 4 heteroatoms. The predicted octanol–water partition coefficient (Wildman–Crippen LogP) is 2.02. The monoisotopic (exact) mass is 256 g/mol. The Labute approximate surface area is 110 Å². The number of hydrogen-bond donors (Lipinski definition) is 1. The van der Waals surface area contributed by atoms with E-state index in [1.165, 1.54) is 0 Å². The van der Waals surface area contributed by atoms with E-state index in [1.54, 1.807) is 0 Å². The molecule has 0 aromatic heterocycles. The van der Waals surface area contributed by atoms with Gasteiger partial charge in [0.25, 0.3) is 0 Å². The lowest BCUT2D eigenvalue weighted by molar-refractivity contribution is -0.148. The van der Waals surface area contributed by atoms with Crippen LogP contribution in [0.5, 0.6) is 0 Å². The molecule has 0 bridgehead atoms. The number of carbonyl (C=O) groups excluding carboxylic acids is 2. The maximum Gasteiger partial charge on any atom is 0.308 e. The molecule has 0 aromatic carbocycles. The second-order valence-corrected chi connectivity index (χ2v) is 4.52. The average molecular weight is 256 g/mol. The molecule has 0 saturated carbocycles. The van der Waals surface area contributed by atoms with Gasteiger partial charge in [0.05, 0.1) is 12.5 Å². The number of Topliss-reactive ketones (excluding diaryl/α,β-unsaturated/α-hetero) is 1. The van der Waals surface area contributed by atoms with E-state index in [1.807, 2.05) is 13.8 Å². The number of aliphatic hydroxyl groups is 1. The number of ketones is 1. The van der Waals surface area contributed by atoms with Crippen LogP contribution >= 0.6 is 0 Å². The number of esters is 1. The summed E-state index contributed by atoms with van der Waals surface area (Å²) in [5, 5.41) is 8.65. The maximum atomic E-state index is 11.8. The van der Waals surface area contributed by atoms with Gasteiger partial charge in [0.15, 0.2) is 0 Å². The number of aliphatic hydroxyl groups excluding tert-OH is 1. The van der Waals surface area contributed by atoms with Crippen molar-refractivity contribution in [1.29, 1.82) is 0 Å². The van der Waals surface area contributed by atoms with Crippen molar-refractivity contribution in [2.24, 2.45) is 11.8 Å². The van der Waals surface area contributed by atoms with Gasteiger partial charge in [0.1, 0.15) is 5.78 Å². The van der Waals surface area contributed by atoms with Crippen LogP contribution in [0.1, 0.15) is 46.0 Å². The summed E-state index contributed by atoms with van der Waals surface area (Å²) in [7, 11) is 0. The van der Waals surface area contributed by atoms with Gasteiger partial charge in [-0.2, -0.15) is 0 Å². The number of ether oxygens (including phenoxy) is 1. The first-order chi connectivity index (χ1) is 8.56. The summed E-state index contributed by atoms with van der Waals surface area (Å²) in [6.07, 6.45) is 2.96. The van der Waals surface area contributed by atoms with Gasteiger partial charge in [-0.1, -0.05) is 13.8 Å². The van der Waals surface area contributed by atoms with Crippen molar-refractivity contribution in [3.63, 3.8) is 0 Å². The Hall–Kier alpha value is -0.900. The van der Waals surface area contributed by atoms with E-state index in [0.29, 0.717) is 32.1 Å². The summed E-state index contributed by atoms with van der Waals surface area (Å²) in [4.78, 5) is 23.3. The van der Waals surface area contributed by atoms with Crippen molar-refractivity contribution in [1.82, 2.24) is 0 Å². The first-order valence-corrected chi connectivity index (χ1v) is 6.57. The molecule has 0 aliphatic rings. The number of carbonyl (C=O) groups is 2. The Bertz CT molecular complexity index is 250. The van der Waals surface area contributed by atoms with E-state index in [-0.39, 0.29) is 36.8 Å². The van der Waals surface area contributed by atoms with Crippen LogP contribution in [-0.4, -0.2) is 30.1 Å². The molecule has 2 atom stereocenters. The highest BCUT2D eigenvalue weighted by Gasteiger charge is 2.23. The highest BCUT2D eigenvalue weighted by atomic mass is 16.5. The molecule has 18 heavy (non-hydrogen) atoms. The third-order valence-electron chi connectivity index (χ3n) is 3.07. The number of hydrogen-bond acceptors (Lipinski definition) is 4. The smallest absolute Gasteiger partial charge is 0.308 e. The lowest BCUT2D eigenvalue weighted by Gasteiger charge is -2.17. The van der Waals surface area contributed by atoms with Crippen LogP contribution < -0.4 is 0 Å². The van der Waals surface area contributed by atoms with Gasteiger partial charge in [0.2, 0.25) is 0 Å². The number of rotatable bonds is 10. The van der Waals surface area contributed by atoms with Gasteiger partial charge in [-0.15, -0.1) is 0 Å². The first kappa shape index (κ1) is 17.1. The second kappa shape index (κ2) is 10.1. The predicted molar refractivity (Wildman–Crippen MR) is 68.8 cm³/mol. The molecule has 0 fully saturated rings. The Morgan fingerprint density at radius 3 is 2.50 bits per heavy atom. The molecule has 0 rings (SSSR count). The summed E-state index contributed by atoms with van der Waals surface area (Å²) < 4.78 is 4.77. The zero-order chi connectivity index (χ0) is 14.0. The SMILES string of the molecule is [CH]COC(=O)C(CC)CC(C)C(=O)CCCCO. The quantitative estimate of drug-likeness (QED) is 0.480. The molecule has 0 saturated heterocycles. The van der Waals surface area contributed by atoms with Crippen LogP contribution in [0, 0.1) is 18.8 Å². The minimum absolute atomic E-state index is 0.113. The van der Waals surface area contributed by atoms with E-state index in [4.69, 9.17) is 16.8 Å². The molecule has 0 heterocycles. The zero-order valence-corrected chi connectivity index (χ0v) is 11.4.